The van der Waals surface area contributed by atoms with Crippen molar-refractivity contribution < 1.29 is 19.7 Å². The summed E-state index contributed by atoms with van der Waals surface area (Å²) in [5, 5.41) is 32.7. The third-order valence-electron chi connectivity index (χ3n) is 7.77. The van der Waals surface area contributed by atoms with Gasteiger partial charge in [-0.05, 0) is 53.8 Å². The standard InChI is InChI=1S/C34H34N4O4/c1-22-11-28(19-38-20-29(39)13-32(38)34(40)41)33(42-21-25-12-24(15-35)16-36-17-25)14-31(22)37-18-27-9-6-10-30(23(27)2)26-7-4-3-5-8-26/h3-12,14,16-17,29,32,37,39H,13,18-21H2,1-2H3,(H,40,41)/t29-,32+/m1/s1. The van der Waals surface area contributed by atoms with Crippen molar-refractivity contribution >= 4 is 11.7 Å². The summed E-state index contributed by atoms with van der Waals surface area (Å²) in [6.07, 6.45) is 2.67. The number of hydrogen-bond donors (Lipinski definition) is 3. The molecule has 1 aliphatic heterocycles. The van der Waals surface area contributed by atoms with Gasteiger partial charge in [-0.2, -0.15) is 5.26 Å². The molecule has 3 aromatic carbocycles. The molecule has 0 unspecified atom stereocenters. The topological polar surface area (TPSA) is 119 Å². The van der Waals surface area contributed by atoms with Gasteiger partial charge in [0.15, 0.2) is 0 Å². The Bertz CT molecular complexity index is 1620. The maximum atomic E-state index is 11.9. The van der Waals surface area contributed by atoms with Gasteiger partial charge in [0.2, 0.25) is 0 Å². The van der Waals surface area contributed by atoms with Gasteiger partial charge in [-0.15, -0.1) is 0 Å². The number of carboxylic acid groups (broad SMARTS) is 1. The lowest BCUT2D eigenvalue weighted by Crippen LogP contribution is -2.35. The molecule has 4 aromatic rings. The maximum absolute atomic E-state index is 11.9. The van der Waals surface area contributed by atoms with Crippen LogP contribution in [0.3, 0.4) is 0 Å². The van der Waals surface area contributed by atoms with E-state index in [1.807, 2.05) is 37.3 Å². The van der Waals surface area contributed by atoms with Crippen molar-refractivity contribution in [3.05, 3.63) is 113 Å². The SMILES string of the molecule is Cc1cc(CN2C[C@H](O)C[C@H]2C(=O)O)c(OCc2cncc(C#N)c2)cc1NCc1cccc(-c2ccccc2)c1C. The minimum absolute atomic E-state index is 0.193. The highest BCUT2D eigenvalue weighted by atomic mass is 16.5. The lowest BCUT2D eigenvalue weighted by atomic mass is 9.96. The summed E-state index contributed by atoms with van der Waals surface area (Å²) < 4.78 is 6.28. The van der Waals surface area contributed by atoms with E-state index in [1.165, 1.54) is 28.5 Å². The second-order valence-electron chi connectivity index (χ2n) is 10.7. The Hall–Kier alpha value is -4.71. The molecule has 0 bridgehead atoms. The van der Waals surface area contributed by atoms with E-state index in [4.69, 9.17) is 4.74 Å². The monoisotopic (exact) mass is 562 g/mol. The van der Waals surface area contributed by atoms with E-state index < -0.39 is 18.1 Å². The number of nitrogens with zero attached hydrogens (tertiary/aromatic N) is 3. The smallest absolute Gasteiger partial charge is 0.321 e. The molecule has 0 spiro atoms. The number of ether oxygens (including phenoxy) is 1. The zero-order chi connectivity index (χ0) is 29.6. The Morgan fingerprint density at radius 2 is 1.90 bits per heavy atom. The number of β-amino-alcohol motifs (C(OH)–C–C–N with tert-alkyl or cyclic N) is 1. The molecule has 8 heteroatoms. The Kier molecular flexibility index (Phi) is 8.82. The summed E-state index contributed by atoms with van der Waals surface area (Å²) in [6, 6.07) is 23.7. The van der Waals surface area contributed by atoms with Crippen LogP contribution in [0.15, 0.2) is 79.1 Å². The summed E-state index contributed by atoms with van der Waals surface area (Å²) in [5.74, 6) is -0.345. The average molecular weight is 563 g/mol. The van der Waals surface area contributed by atoms with Crippen molar-refractivity contribution in [3.63, 3.8) is 0 Å². The van der Waals surface area contributed by atoms with Gasteiger partial charge in [-0.25, -0.2) is 0 Å². The number of rotatable bonds is 10. The van der Waals surface area contributed by atoms with E-state index in [1.54, 1.807) is 17.2 Å². The lowest BCUT2D eigenvalue weighted by molar-refractivity contribution is -0.142. The molecule has 1 aromatic heterocycles. The number of aliphatic hydroxyl groups is 1. The number of anilines is 1. The molecule has 3 N–H and O–H groups in total. The zero-order valence-electron chi connectivity index (χ0n) is 23.7. The van der Waals surface area contributed by atoms with Crippen molar-refractivity contribution in [2.24, 2.45) is 0 Å². The molecule has 1 aliphatic rings. The molecule has 5 rings (SSSR count). The number of aryl methyl sites for hydroxylation is 1. The number of aliphatic carboxylic acids is 1. The number of aliphatic hydroxyl groups excluding tert-OH is 1. The molecule has 0 amide bonds. The quantitative estimate of drug-likeness (QED) is 0.234. The largest absolute Gasteiger partial charge is 0.488 e. The molecule has 214 valence electrons. The normalized spacial score (nSPS) is 16.6. The molecule has 0 radical (unpaired) electrons. The fourth-order valence-electron chi connectivity index (χ4n) is 5.51. The van der Waals surface area contributed by atoms with Crippen molar-refractivity contribution in [2.75, 3.05) is 11.9 Å². The molecular formula is C34H34N4O4. The number of likely N-dealkylation sites (tertiary alicyclic amines) is 1. The van der Waals surface area contributed by atoms with Gasteiger partial charge in [0.1, 0.15) is 24.5 Å². The minimum atomic E-state index is -0.948. The van der Waals surface area contributed by atoms with Gasteiger partial charge in [-0.3, -0.25) is 14.7 Å². The number of nitrogens with one attached hydrogen (secondary N) is 1. The van der Waals surface area contributed by atoms with Gasteiger partial charge in [0.05, 0.1) is 11.7 Å². The van der Waals surface area contributed by atoms with E-state index in [9.17, 15) is 20.3 Å². The van der Waals surface area contributed by atoms with Gasteiger partial charge in [0, 0.05) is 61.3 Å². The number of carboxylic acids is 1. The van der Waals surface area contributed by atoms with Crippen molar-refractivity contribution in [1.82, 2.24) is 9.88 Å². The summed E-state index contributed by atoms with van der Waals surface area (Å²) in [5.41, 5.74) is 8.68. The third-order valence-corrected chi connectivity index (χ3v) is 7.77. The second-order valence-corrected chi connectivity index (χ2v) is 10.7. The van der Waals surface area contributed by atoms with Crippen molar-refractivity contribution in [1.29, 1.82) is 5.26 Å². The zero-order valence-corrected chi connectivity index (χ0v) is 23.7. The number of pyridine rings is 1. The van der Waals surface area contributed by atoms with Crippen LogP contribution in [-0.4, -0.2) is 44.8 Å². The maximum Gasteiger partial charge on any atom is 0.321 e. The molecule has 0 saturated carbocycles. The Morgan fingerprint density at radius 1 is 1.10 bits per heavy atom. The number of hydrogen-bond acceptors (Lipinski definition) is 7. The van der Waals surface area contributed by atoms with Crippen LogP contribution in [0.4, 0.5) is 5.69 Å². The van der Waals surface area contributed by atoms with Gasteiger partial charge in [0.25, 0.3) is 0 Å². The molecule has 1 fully saturated rings. The first-order valence-electron chi connectivity index (χ1n) is 14.0. The summed E-state index contributed by atoms with van der Waals surface area (Å²) in [6.45, 7) is 5.55. The number of nitriles is 1. The van der Waals surface area contributed by atoms with Crippen LogP contribution in [0, 0.1) is 25.2 Å². The first-order valence-corrected chi connectivity index (χ1v) is 14.0. The van der Waals surface area contributed by atoms with E-state index in [-0.39, 0.29) is 19.6 Å². The van der Waals surface area contributed by atoms with Gasteiger partial charge >= 0.3 is 5.97 Å². The molecule has 2 heterocycles. The summed E-state index contributed by atoms with van der Waals surface area (Å²) >= 11 is 0. The Morgan fingerprint density at radius 3 is 2.67 bits per heavy atom. The highest BCUT2D eigenvalue weighted by Crippen LogP contribution is 2.32. The first kappa shape index (κ1) is 28.8. The molecule has 8 nitrogen and oxygen atoms in total. The van der Waals surface area contributed by atoms with Crippen LogP contribution >= 0.6 is 0 Å². The van der Waals surface area contributed by atoms with E-state index in [0.29, 0.717) is 24.4 Å². The van der Waals surface area contributed by atoms with Crippen LogP contribution in [-0.2, 0) is 24.5 Å². The van der Waals surface area contributed by atoms with Crippen molar-refractivity contribution in [3.8, 4) is 22.9 Å². The van der Waals surface area contributed by atoms with E-state index >= 15 is 0 Å². The summed E-state index contributed by atoms with van der Waals surface area (Å²) in [7, 11) is 0. The van der Waals surface area contributed by atoms with E-state index in [2.05, 4.69) is 53.6 Å². The van der Waals surface area contributed by atoms with Gasteiger partial charge < -0.3 is 20.3 Å². The highest BCUT2D eigenvalue weighted by molar-refractivity contribution is 5.74. The second kappa shape index (κ2) is 12.9. The van der Waals surface area contributed by atoms with Gasteiger partial charge in [-0.1, -0.05) is 48.5 Å². The van der Waals surface area contributed by atoms with Crippen LogP contribution in [0.25, 0.3) is 11.1 Å². The van der Waals surface area contributed by atoms with Crippen LogP contribution in [0.1, 0.15) is 39.8 Å². The lowest BCUT2D eigenvalue weighted by Gasteiger charge is -2.24. The fourth-order valence-corrected chi connectivity index (χ4v) is 5.51. The number of benzene rings is 3. The highest BCUT2D eigenvalue weighted by Gasteiger charge is 2.36. The fraction of sp³-hybridized carbons (Fsp3) is 0.265. The van der Waals surface area contributed by atoms with Crippen LogP contribution in [0.5, 0.6) is 5.75 Å². The van der Waals surface area contributed by atoms with E-state index in [0.717, 1.165) is 22.4 Å². The molecule has 42 heavy (non-hydrogen) atoms. The first-order chi connectivity index (χ1) is 20.3. The third kappa shape index (κ3) is 6.60. The van der Waals surface area contributed by atoms with Crippen LogP contribution < -0.4 is 10.1 Å². The molecular weight excluding hydrogens is 528 g/mol. The Balaban J connectivity index is 1.41. The number of carbonyl (C=O) groups is 1. The average Bonchev–Trinajstić information content (AvgIpc) is 3.37. The predicted molar refractivity (Wildman–Crippen MR) is 161 cm³/mol. The van der Waals surface area contributed by atoms with Crippen LogP contribution in [0.2, 0.25) is 0 Å². The Labute approximate surface area is 245 Å². The number of aromatic nitrogens is 1. The van der Waals surface area contributed by atoms with Crippen molar-refractivity contribution in [2.45, 2.75) is 52.1 Å². The molecule has 2 atom stereocenters. The summed E-state index contributed by atoms with van der Waals surface area (Å²) in [4.78, 5) is 17.8. The minimum Gasteiger partial charge on any atom is -0.488 e. The predicted octanol–water partition coefficient (Wildman–Crippen LogP) is 5.45. The molecule has 0 aliphatic carbocycles. The molecule has 1 saturated heterocycles.